The molecule has 0 bridgehead atoms. The molecule has 0 aliphatic rings. The zero-order valence-corrected chi connectivity index (χ0v) is 12.4. The topological polar surface area (TPSA) is 38.9 Å². The summed E-state index contributed by atoms with van der Waals surface area (Å²) >= 11 is 30.1. The molecule has 2 rings (SSSR count). The smallest absolute Gasteiger partial charge is 0.0962 e. The highest BCUT2D eigenvalue weighted by Gasteiger charge is 2.22. The number of anilines is 1. The Hall–Kier alpha value is -0.380. The van der Waals surface area contributed by atoms with E-state index in [2.05, 4.69) is 4.98 Å². The average molecular weight is 342 g/mol. The van der Waals surface area contributed by atoms with Gasteiger partial charge in [0.05, 0.1) is 36.5 Å². The largest absolute Gasteiger partial charge is 0.397 e. The monoisotopic (exact) mass is 340 g/mol. The average Bonchev–Trinajstić information content (AvgIpc) is 2.36. The Labute approximate surface area is 129 Å². The fourth-order valence-electron chi connectivity index (χ4n) is 1.44. The van der Waals surface area contributed by atoms with Gasteiger partial charge in [-0.3, -0.25) is 4.98 Å². The number of aromatic nitrogens is 1. The van der Waals surface area contributed by atoms with Crippen LogP contribution in [0.2, 0.25) is 25.1 Å². The molecule has 2 aromatic rings. The molecule has 0 saturated carbocycles. The SMILES string of the molecule is Nc1cccnc1-c1c(Cl)c(Cl)c(Cl)c(Cl)c1Cl. The van der Waals surface area contributed by atoms with Gasteiger partial charge >= 0.3 is 0 Å². The van der Waals surface area contributed by atoms with Crippen LogP contribution < -0.4 is 5.73 Å². The van der Waals surface area contributed by atoms with Gasteiger partial charge in [0.15, 0.2) is 0 Å². The summed E-state index contributed by atoms with van der Waals surface area (Å²) in [6, 6.07) is 3.37. The van der Waals surface area contributed by atoms with E-state index in [1.54, 1.807) is 18.3 Å². The molecule has 0 fully saturated rings. The summed E-state index contributed by atoms with van der Waals surface area (Å²) in [7, 11) is 0. The molecule has 7 heteroatoms. The molecule has 18 heavy (non-hydrogen) atoms. The van der Waals surface area contributed by atoms with Gasteiger partial charge in [-0.2, -0.15) is 0 Å². The number of halogens is 5. The summed E-state index contributed by atoms with van der Waals surface area (Å²) in [4.78, 5) is 4.13. The van der Waals surface area contributed by atoms with Gasteiger partial charge in [0, 0.05) is 11.8 Å². The van der Waals surface area contributed by atoms with Crippen LogP contribution in [0.25, 0.3) is 11.3 Å². The standard InChI is InChI=1S/C11H5Cl5N2/c12-6-5(11-4(17)2-1-3-18-11)7(13)9(15)10(16)8(6)14/h1-3H,17H2. The summed E-state index contributed by atoms with van der Waals surface area (Å²) in [6.07, 6.45) is 1.56. The molecule has 1 heterocycles. The predicted molar refractivity (Wildman–Crippen MR) is 79.1 cm³/mol. The molecule has 2 N–H and O–H groups in total. The van der Waals surface area contributed by atoms with Gasteiger partial charge in [-0.15, -0.1) is 0 Å². The normalized spacial score (nSPS) is 10.7. The van der Waals surface area contributed by atoms with Crippen molar-refractivity contribution in [3.63, 3.8) is 0 Å². The number of rotatable bonds is 1. The fourth-order valence-corrected chi connectivity index (χ4v) is 2.76. The third kappa shape index (κ3) is 2.24. The van der Waals surface area contributed by atoms with Crippen molar-refractivity contribution in [1.82, 2.24) is 4.98 Å². The van der Waals surface area contributed by atoms with Crippen LogP contribution in [0.5, 0.6) is 0 Å². The van der Waals surface area contributed by atoms with E-state index in [0.29, 0.717) is 16.9 Å². The van der Waals surface area contributed by atoms with Crippen LogP contribution in [-0.4, -0.2) is 4.98 Å². The summed E-state index contributed by atoms with van der Waals surface area (Å²) in [5, 5.41) is 0.676. The van der Waals surface area contributed by atoms with Crippen molar-refractivity contribution in [2.24, 2.45) is 0 Å². The lowest BCUT2D eigenvalue weighted by Gasteiger charge is -2.13. The van der Waals surface area contributed by atoms with Crippen LogP contribution in [0, 0.1) is 0 Å². The predicted octanol–water partition coefficient (Wildman–Crippen LogP) is 5.60. The number of pyridine rings is 1. The molecule has 1 aromatic carbocycles. The Morgan fingerprint density at radius 3 is 1.83 bits per heavy atom. The number of nitrogens with zero attached hydrogens (tertiary/aromatic N) is 1. The van der Waals surface area contributed by atoms with E-state index >= 15 is 0 Å². The second kappa shape index (κ2) is 5.32. The summed E-state index contributed by atoms with van der Waals surface area (Å²) < 4.78 is 0. The van der Waals surface area contributed by atoms with E-state index in [4.69, 9.17) is 63.7 Å². The highest BCUT2D eigenvalue weighted by Crippen LogP contribution is 2.48. The second-order valence-corrected chi connectivity index (χ2v) is 5.28. The van der Waals surface area contributed by atoms with Crippen molar-refractivity contribution in [2.45, 2.75) is 0 Å². The van der Waals surface area contributed by atoms with Crippen LogP contribution in [0.15, 0.2) is 18.3 Å². The molecule has 0 atom stereocenters. The second-order valence-electron chi connectivity index (χ2n) is 3.39. The highest BCUT2D eigenvalue weighted by atomic mass is 35.5. The number of nitrogen functional groups attached to an aromatic ring is 1. The first kappa shape index (κ1) is 14.0. The number of benzene rings is 1. The van der Waals surface area contributed by atoms with Gasteiger partial charge in [0.1, 0.15) is 0 Å². The van der Waals surface area contributed by atoms with Crippen molar-refractivity contribution in [1.29, 1.82) is 0 Å². The van der Waals surface area contributed by atoms with Crippen molar-refractivity contribution >= 4 is 63.7 Å². The summed E-state index contributed by atoms with van der Waals surface area (Å²) in [5.41, 5.74) is 7.02. The molecular formula is C11H5Cl5N2. The first-order chi connectivity index (χ1) is 8.45. The van der Waals surface area contributed by atoms with E-state index in [1.165, 1.54) is 0 Å². The van der Waals surface area contributed by atoms with Gasteiger partial charge in [-0.1, -0.05) is 58.0 Å². The van der Waals surface area contributed by atoms with Gasteiger partial charge < -0.3 is 5.73 Å². The van der Waals surface area contributed by atoms with Gasteiger partial charge in [-0.05, 0) is 12.1 Å². The van der Waals surface area contributed by atoms with E-state index < -0.39 is 0 Å². The Bertz CT molecular complexity index is 598. The number of hydrogen-bond donors (Lipinski definition) is 1. The van der Waals surface area contributed by atoms with Gasteiger partial charge in [0.2, 0.25) is 0 Å². The molecule has 0 amide bonds. The van der Waals surface area contributed by atoms with Crippen molar-refractivity contribution in [3.05, 3.63) is 43.4 Å². The number of nitrogens with two attached hydrogens (primary N) is 1. The maximum absolute atomic E-state index is 6.13. The molecule has 0 saturated heterocycles. The molecule has 1 aromatic heterocycles. The maximum Gasteiger partial charge on any atom is 0.0962 e. The third-order valence-corrected chi connectivity index (χ3v) is 4.56. The maximum atomic E-state index is 6.13. The minimum Gasteiger partial charge on any atom is -0.397 e. The van der Waals surface area contributed by atoms with Gasteiger partial charge in [-0.25, -0.2) is 0 Å². The van der Waals surface area contributed by atoms with E-state index in [9.17, 15) is 0 Å². The summed E-state index contributed by atoms with van der Waals surface area (Å²) in [5.74, 6) is 0. The van der Waals surface area contributed by atoms with Crippen LogP contribution >= 0.6 is 58.0 Å². The third-order valence-electron chi connectivity index (χ3n) is 2.29. The van der Waals surface area contributed by atoms with Crippen LogP contribution in [0.3, 0.4) is 0 Å². The Morgan fingerprint density at radius 1 is 0.833 bits per heavy atom. The molecule has 2 nitrogen and oxygen atoms in total. The van der Waals surface area contributed by atoms with E-state index in [0.717, 1.165) is 0 Å². The lowest BCUT2D eigenvalue weighted by atomic mass is 10.1. The molecule has 0 unspecified atom stereocenters. The van der Waals surface area contributed by atoms with E-state index in [1.807, 2.05) is 0 Å². The highest BCUT2D eigenvalue weighted by molar-refractivity contribution is 6.56. The van der Waals surface area contributed by atoms with Crippen LogP contribution in [0.1, 0.15) is 0 Å². The lowest BCUT2D eigenvalue weighted by Crippen LogP contribution is -1.95. The van der Waals surface area contributed by atoms with Crippen molar-refractivity contribution in [2.75, 3.05) is 5.73 Å². The molecule has 0 aliphatic heterocycles. The summed E-state index contributed by atoms with van der Waals surface area (Å²) in [6.45, 7) is 0. The zero-order chi connectivity index (χ0) is 13.4. The first-order valence-corrected chi connectivity index (χ1v) is 6.56. The van der Waals surface area contributed by atoms with Crippen LogP contribution in [0.4, 0.5) is 5.69 Å². The van der Waals surface area contributed by atoms with Crippen LogP contribution in [-0.2, 0) is 0 Å². The quantitative estimate of drug-likeness (QED) is 0.541. The van der Waals surface area contributed by atoms with Crippen molar-refractivity contribution < 1.29 is 0 Å². The fraction of sp³-hybridized carbons (Fsp3) is 0. The Balaban J connectivity index is 2.85. The minimum atomic E-state index is 0.103. The van der Waals surface area contributed by atoms with Gasteiger partial charge in [0.25, 0.3) is 0 Å². The molecule has 94 valence electrons. The first-order valence-electron chi connectivity index (χ1n) is 4.67. The lowest BCUT2D eigenvalue weighted by molar-refractivity contribution is 1.33. The Kier molecular flexibility index (Phi) is 4.15. The zero-order valence-electron chi connectivity index (χ0n) is 8.65. The molecule has 0 aliphatic carbocycles. The van der Waals surface area contributed by atoms with Crippen molar-refractivity contribution in [3.8, 4) is 11.3 Å². The molecule has 0 radical (unpaired) electrons. The molecular weight excluding hydrogens is 337 g/mol. The Morgan fingerprint density at radius 2 is 1.33 bits per heavy atom. The minimum absolute atomic E-state index is 0.103. The number of hydrogen-bond acceptors (Lipinski definition) is 2. The molecule has 0 spiro atoms. The van der Waals surface area contributed by atoms with E-state index in [-0.39, 0.29) is 25.1 Å².